The molecule has 0 saturated carbocycles. The summed E-state index contributed by atoms with van der Waals surface area (Å²) in [5.41, 5.74) is 10.5. The fourth-order valence-electron chi connectivity index (χ4n) is 2.85. The van der Waals surface area contributed by atoms with Crippen LogP contribution in [0.3, 0.4) is 0 Å². The fraction of sp³-hybridized carbons (Fsp3) is 0.643. The van der Waals surface area contributed by atoms with Gasteiger partial charge in [0.05, 0.1) is 0 Å². The van der Waals surface area contributed by atoms with Crippen LogP contribution in [-0.4, -0.2) is 28.1 Å². The number of rotatable bonds is 5. The Morgan fingerprint density at radius 2 is 1.77 bits per heavy atom. The van der Waals surface area contributed by atoms with Crippen molar-refractivity contribution in [3.05, 3.63) is 20.8 Å². The average molecular weight is 309 g/mol. The number of hydrogen-bond donors (Lipinski definition) is 2. The van der Waals surface area contributed by atoms with Gasteiger partial charge in [-0.15, -0.1) is 0 Å². The summed E-state index contributed by atoms with van der Waals surface area (Å²) in [6.45, 7) is 3.32. The Kier molecular flexibility index (Phi) is 4.89. The lowest BCUT2D eigenvalue weighted by Gasteiger charge is -2.30. The first-order valence-electron chi connectivity index (χ1n) is 7.63. The van der Waals surface area contributed by atoms with Gasteiger partial charge in [0.2, 0.25) is 5.91 Å². The third-order valence-corrected chi connectivity index (χ3v) is 3.88. The summed E-state index contributed by atoms with van der Waals surface area (Å²) in [7, 11) is 0. The smallest absolute Gasteiger partial charge is 0.333 e. The van der Waals surface area contributed by atoms with Crippen molar-refractivity contribution in [2.75, 3.05) is 23.7 Å². The molecule has 2 rings (SSSR count). The lowest BCUT2D eigenvalue weighted by molar-refractivity contribution is -0.118. The van der Waals surface area contributed by atoms with E-state index >= 15 is 0 Å². The summed E-state index contributed by atoms with van der Waals surface area (Å²) in [4.78, 5) is 38.1. The standard InChI is InChI=1S/C14H23N5O3/c1-2-6-18-12(16)11(17-7-4-3-5-8-17)13(21)19(14(18)22)9-10(15)20/h2-9,16H2,1H3,(H2,15,20). The number of hydrogen-bond acceptors (Lipinski definition) is 5. The maximum absolute atomic E-state index is 12.6. The van der Waals surface area contributed by atoms with Gasteiger partial charge < -0.3 is 16.4 Å². The van der Waals surface area contributed by atoms with Gasteiger partial charge in [-0.05, 0) is 25.7 Å². The summed E-state index contributed by atoms with van der Waals surface area (Å²) in [6.07, 6.45) is 3.75. The number of piperidine rings is 1. The summed E-state index contributed by atoms with van der Waals surface area (Å²) in [5.74, 6) is -0.545. The third kappa shape index (κ3) is 3.00. The number of primary amides is 1. The molecule has 1 amide bonds. The molecule has 1 aromatic heterocycles. The zero-order chi connectivity index (χ0) is 16.3. The van der Waals surface area contributed by atoms with Crippen LogP contribution < -0.4 is 27.6 Å². The molecule has 2 heterocycles. The van der Waals surface area contributed by atoms with Crippen molar-refractivity contribution in [1.82, 2.24) is 9.13 Å². The van der Waals surface area contributed by atoms with Gasteiger partial charge in [-0.25, -0.2) is 9.36 Å². The molecule has 0 unspecified atom stereocenters. The number of nitrogens with two attached hydrogens (primary N) is 2. The molecule has 22 heavy (non-hydrogen) atoms. The number of nitrogen functional groups attached to an aromatic ring is 1. The van der Waals surface area contributed by atoms with Crippen LogP contribution in [0.5, 0.6) is 0 Å². The highest BCUT2D eigenvalue weighted by atomic mass is 16.2. The molecule has 8 nitrogen and oxygen atoms in total. The Bertz CT molecular complexity index is 670. The van der Waals surface area contributed by atoms with Crippen molar-refractivity contribution >= 4 is 17.4 Å². The Hall–Kier alpha value is -2.25. The van der Waals surface area contributed by atoms with E-state index in [1.165, 1.54) is 4.57 Å². The van der Waals surface area contributed by atoms with Crippen molar-refractivity contribution in [3.8, 4) is 0 Å². The molecule has 1 fully saturated rings. The van der Waals surface area contributed by atoms with E-state index in [9.17, 15) is 14.4 Å². The van der Waals surface area contributed by atoms with Crippen molar-refractivity contribution in [3.63, 3.8) is 0 Å². The second-order valence-corrected chi connectivity index (χ2v) is 5.57. The lowest BCUT2D eigenvalue weighted by atomic mass is 10.1. The van der Waals surface area contributed by atoms with Crippen molar-refractivity contribution in [1.29, 1.82) is 0 Å². The second kappa shape index (κ2) is 6.67. The second-order valence-electron chi connectivity index (χ2n) is 5.57. The van der Waals surface area contributed by atoms with Gasteiger partial charge in [-0.2, -0.15) is 0 Å². The molecule has 1 aromatic rings. The molecule has 0 aromatic carbocycles. The number of anilines is 2. The monoisotopic (exact) mass is 309 g/mol. The van der Waals surface area contributed by atoms with Crippen LogP contribution >= 0.6 is 0 Å². The van der Waals surface area contributed by atoms with Crippen LogP contribution in [-0.2, 0) is 17.9 Å². The lowest BCUT2D eigenvalue weighted by Crippen LogP contribution is -2.47. The van der Waals surface area contributed by atoms with Gasteiger partial charge in [0.15, 0.2) is 0 Å². The first-order chi connectivity index (χ1) is 10.5. The van der Waals surface area contributed by atoms with Gasteiger partial charge >= 0.3 is 5.69 Å². The van der Waals surface area contributed by atoms with E-state index in [2.05, 4.69) is 0 Å². The van der Waals surface area contributed by atoms with Gasteiger partial charge in [0, 0.05) is 19.6 Å². The predicted octanol–water partition coefficient (Wildman–Crippen LogP) is -0.522. The van der Waals surface area contributed by atoms with E-state index in [-0.39, 0.29) is 5.82 Å². The maximum atomic E-state index is 12.6. The van der Waals surface area contributed by atoms with Crippen LogP contribution in [0.25, 0.3) is 0 Å². The Morgan fingerprint density at radius 3 is 2.32 bits per heavy atom. The van der Waals surface area contributed by atoms with E-state index in [0.29, 0.717) is 18.7 Å². The predicted molar refractivity (Wildman–Crippen MR) is 84.9 cm³/mol. The number of carbonyl (C=O) groups is 1. The Labute approximate surface area is 128 Å². The molecule has 1 aliphatic rings. The van der Waals surface area contributed by atoms with E-state index in [4.69, 9.17) is 11.5 Å². The highest BCUT2D eigenvalue weighted by molar-refractivity contribution is 5.74. The molecule has 0 atom stereocenters. The normalized spacial score (nSPS) is 15.0. The molecule has 122 valence electrons. The molecule has 1 saturated heterocycles. The van der Waals surface area contributed by atoms with Crippen LogP contribution in [0.2, 0.25) is 0 Å². The minimum atomic E-state index is -0.725. The quantitative estimate of drug-likeness (QED) is 0.759. The van der Waals surface area contributed by atoms with E-state index in [1.807, 2.05) is 11.8 Å². The summed E-state index contributed by atoms with van der Waals surface area (Å²) in [6, 6.07) is 0. The van der Waals surface area contributed by atoms with Gasteiger partial charge in [0.25, 0.3) is 5.56 Å². The number of carbonyl (C=O) groups excluding carboxylic acids is 1. The Morgan fingerprint density at radius 1 is 1.14 bits per heavy atom. The van der Waals surface area contributed by atoms with Crippen LogP contribution in [0, 0.1) is 0 Å². The van der Waals surface area contributed by atoms with Crippen LogP contribution in [0.15, 0.2) is 9.59 Å². The number of nitrogens with zero attached hydrogens (tertiary/aromatic N) is 3. The number of amides is 1. The number of aromatic nitrogens is 2. The minimum absolute atomic E-state index is 0.180. The average Bonchev–Trinajstić information content (AvgIpc) is 2.49. The molecule has 0 radical (unpaired) electrons. The Balaban J connectivity index is 2.64. The SMILES string of the molecule is CCCn1c(N)c(N2CCCCC2)c(=O)n(CC(N)=O)c1=O. The molecular weight excluding hydrogens is 286 g/mol. The zero-order valence-corrected chi connectivity index (χ0v) is 12.9. The molecular formula is C14H23N5O3. The highest BCUT2D eigenvalue weighted by Crippen LogP contribution is 2.21. The van der Waals surface area contributed by atoms with Gasteiger partial charge in [-0.3, -0.25) is 14.2 Å². The van der Waals surface area contributed by atoms with Gasteiger partial charge in [-0.1, -0.05) is 6.92 Å². The first-order valence-corrected chi connectivity index (χ1v) is 7.63. The highest BCUT2D eigenvalue weighted by Gasteiger charge is 2.23. The van der Waals surface area contributed by atoms with Crippen molar-refractivity contribution in [2.24, 2.45) is 5.73 Å². The topological polar surface area (TPSA) is 116 Å². The first kappa shape index (κ1) is 16.1. The summed E-state index contributed by atoms with van der Waals surface area (Å²) >= 11 is 0. The van der Waals surface area contributed by atoms with E-state index in [0.717, 1.165) is 36.9 Å². The largest absolute Gasteiger partial charge is 0.383 e. The van der Waals surface area contributed by atoms with Crippen molar-refractivity contribution in [2.45, 2.75) is 45.7 Å². The molecule has 0 bridgehead atoms. The van der Waals surface area contributed by atoms with Crippen molar-refractivity contribution < 1.29 is 4.79 Å². The van der Waals surface area contributed by atoms with Crippen LogP contribution in [0.4, 0.5) is 11.5 Å². The molecule has 0 spiro atoms. The van der Waals surface area contributed by atoms with Crippen LogP contribution in [0.1, 0.15) is 32.6 Å². The maximum Gasteiger partial charge on any atom is 0.333 e. The van der Waals surface area contributed by atoms with E-state index < -0.39 is 23.7 Å². The molecule has 8 heteroatoms. The molecule has 0 aliphatic carbocycles. The van der Waals surface area contributed by atoms with Gasteiger partial charge in [0.1, 0.15) is 18.1 Å². The molecule has 4 N–H and O–H groups in total. The third-order valence-electron chi connectivity index (χ3n) is 3.88. The summed E-state index contributed by atoms with van der Waals surface area (Å²) in [5, 5.41) is 0. The van der Waals surface area contributed by atoms with E-state index in [1.54, 1.807) is 0 Å². The molecule has 1 aliphatic heterocycles. The minimum Gasteiger partial charge on any atom is -0.383 e. The fourth-order valence-corrected chi connectivity index (χ4v) is 2.85. The zero-order valence-electron chi connectivity index (χ0n) is 12.9. The summed E-state index contributed by atoms with van der Waals surface area (Å²) < 4.78 is 2.24.